The summed E-state index contributed by atoms with van der Waals surface area (Å²) < 4.78 is 38.9. The third-order valence-electron chi connectivity index (χ3n) is 5.85. The Morgan fingerprint density at radius 1 is 0.969 bits per heavy atom. The van der Waals surface area contributed by atoms with E-state index in [2.05, 4.69) is 0 Å². The molecule has 0 aliphatic carbocycles. The van der Waals surface area contributed by atoms with Crippen LogP contribution < -0.4 is 17.3 Å². The predicted molar refractivity (Wildman–Crippen MR) is 105 cm³/mol. The maximum Gasteiger partial charge on any atom is 0.416 e. The summed E-state index contributed by atoms with van der Waals surface area (Å²) >= 11 is 0. The number of carbonyl (C=O) groups is 3. The molecular weight excluding hydrogens is 447 g/mol. The second-order valence-corrected chi connectivity index (χ2v) is 7.71. The van der Waals surface area contributed by atoms with Gasteiger partial charge in [0, 0.05) is 6.07 Å². The molecule has 1 N–H and O–H groups in total. The van der Waals surface area contributed by atoms with E-state index in [0.717, 1.165) is 21.9 Å². The number of nitrogens with zero attached hydrogens (tertiary/aromatic N) is 2. The molecule has 10 heteroatoms. The van der Waals surface area contributed by atoms with Crippen LogP contribution in [0, 0.1) is 0 Å². The number of hydrogen-bond acceptors (Lipinski definition) is 3. The molecule has 2 heterocycles. The molecule has 3 amide bonds. The van der Waals surface area contributed by atoms with Crippen molar-refractivity contribution >= 4 is 23.4 Å². The summed E-state index contributed by atoms with van der Waals surface area (Å²) in [6.07, 6.45) is -4.41. The van der Waals surface area contributed by atoms with Crippen LogP contribution in [-0.2, 0) is 11.0 Å². The molecule has 32 heavy (non-hydrogen) atoms. The van der Waals surface area contributed by atoms with E-state index in [4.69, 9.17) is 0 Å². The molecule has 0 bridgehead atoms. The zero-order valence-electron chi connectivity index (χ0n) is 17.2. The van der Waals surface area contributed by atoms with Gasteiger partial charge >= 0.3 is 6.18 Å². The van der Waals surface area contributed by atoms with E-state index in [1.807, 2.05) is 0 Å². The van der Waals surface area contributed by atoms with Crippen molar-refractivity contribution in [2.24, 2.45) is 0 Å². The van der Waals surface area contributed by atoms with Crippen molar-refractivity contribution in [3.05, 3.63) is 65.2 Å². The lowest BCUT2D eigenvalue weighted by molar-refractivity contribution is -0.837. The first kappa shape index (κ1) is 23.7. The van der Waals surface area contributed by atoms with Crippen molar-refractivity contribution in [1.82, 2.24) is 9.80 Å². The predicted octanol–water partition coefficient (Wildman–Crippen LogP) is -1.25. The summed E-state index contributed by atoms with van der Waals surface area (Å²) in [6, 6.07) is 10.7. The number of fused-ring (bicyclic) bond motifs is 1. The molecule has 2 aromatic rings. The van der Waals surface area contributed by atoms with Crippen molar-refractivity contribution in [1.29, 1.82) is 0 Å². The second kappa shape index (κ2) is 8.91. The van der Waals surface area contributed by atoms with Gasteiger partial charge in [0.1, 0.15) is 11.7 Å². The largest absolute Gasteiger partial charge is 1.00 e. The number of quaternary nitrogens is 1. The van der Waals surface area contributed by atoms with Gasteiger partial charge in [-0.05, 0) is 31.2 Å². The quantitative estimate of drug-likeness (QED) is 0.574. The Balaban J connectivity index is 0.00000289. The highest BCUT2D eigenvalue weighted by Gasteiger charge is 2.42. The number of rotatable bonds is 3. The van der Waals surface area contributed by atoms with Crippen LogP contribution in [0.2, 0.25) is 0 Å². The first-order valence-corrected chi connectivity index (χ1v) is 9.96. The van der Waals surface area contributed by atoms with E-state index in [9.17, 15) is 27.6 Å². The number of amides is 3. The zero-order valence-corrected chi connectivity index (χ0v) is 17.9. The normalized spacial score (nSPS) is 17.8. The Kier molecular flexibility index (Phi) is 6.61. The van der Waals surface area contributed by atoms with Gasteiger partial charge in [-0.2, -0.15) is 13.2 Å². The van der Waals surface area contributed by atoms with Crippen molar-refractivity contribution in [3.63, 3.8) is 0 Å². The molecule has 1 atom stereocenters. The lowest BCUT2D eigenvalue weighted by Crippen LogP contribution is -3.10. The molecule has 6 nitrogen and oxygen atoms in total. The van der Waals surface area contributed by atoms with E-state index >= 15 is 0 Å². The van der Waals surface area contributed by atoms with Gasteiger partial charge in [0.2, 0.25) is 5.91 Å². The first-order valence-electron chi connectivity index (χ1n) is 9.96. The van der Waals surface area contributed by atoms with Crippen LogP contribution in [0.5, 0.6) is 0 Å². The average Bonchev–Trinajstić information content (AvgIpc) is 3.03. The Labute approximate surface area is 189 Å². The molecule has 0 aromatic heterocycles. The van der Waals surface area contributed by atoms with Gasteiger partial charge in [-0.25, -0.2) is 0 Å². The number of hydrogen-bond donors (Lipinski definition) is 1. The Hall–Kier alpha value is -2.91. The fraction of sp³-hybridized carbons (Fsp3) is 0.318. The molecule has 0 radical (unpaired) electrons. The van der Waals surface area contributed by atoms with Crippen LogP contribution in [0.1, 0.15) is 33.2 Å². The standard InChI is InChI=1S/C22H20F3N3O3.ClH/c1-14(28-20(30)17-7-2-3-8-18(17)21(28)31)19(29)27-11-9-26(10-12-27)16-6-4-5-15(13-16)22(23,24)25;/h2-8,13-14H,9-12H2,1H3;1H. The van der Waals surface area contributed by atoms with Gasteiger partial charge in [-0.1, -0.05) is 18.2 Å². The molecule has 0 spiro atoms. The summed E-state index contributed by atoms with van der Waals surface area (Å²) in [7, 11) is 0. The van der Waals surface area contributed by atoms with Crippen LogP contribution in [0.3, 0.4) is 0 Å². The van der Waals surface area contributed by atoms with Gasteiger partial charge in [0.25, 0.3) is 11.8 Å². The van der Waals surface area contributed by atoms with E-state index in [-0.39, 0.29) is 29.4 Å². The molecule has 2 aromatic carbocycles. The van der Waals surface area contributed by atoms with Crippen LogP contribution in [0.15, 0.2) is 48.5 Å². The number of benzene rings is 2. The molecule has 2 aliphatic rings. The molecule has 4 rings (SSSR count). The number of piperazine rings is 1. The third kappa shape index (κ3) is 4.22. The highest BCUT2D eigenvalue weighted by molar-refractivity contribution is 6.22. The lowest BCUT2D eigenvalue weighted by atomic mass is 10.1. The maximum absolute atomic E-state index is 13.0. The summed E-state index contributed by atoms with van der Waals surface area (Å²) in [6.45, 7) is 3.02. The minimum absolute atomic E-state index is 0. The SMILES string of the molecule is CC(C(=O)N1CC[NH+](c2cccc(C(F)(F)F)c2)CC1)N1C(=O)c2ccccc2C1=O.[Cl-]. The van der Waals surface area contributed by atoms with Gasteiger partial charge in [-0.3, -0.25) is 24.2 Å². The number of halogens is 4. The van der Waals surface area contributed by atoms with E-state index in [1.165, 1.54) is 13.0 Å². The maximum atomic E-state index is 13.0. The Morgan fingerprint density at radius 3 is 2.06 bits per heavy atom. The van der Waals surface area contributed by atoms with Gasteiger partial charge in [-0.15, -0.1) is 0 Å². The van der Waals surface area contributed by atoms with Gasteiger partial charge < -0.3 is 17.3 Å². The number of nitrogens with one attached hydrogen (secondary N) is 1. The second-order valence-electron chi connectivity index (χ2n) is 7.71. The molecular formula is C22H21ClF3N3O3. The number of alkyl halides is 3. The minimum atomic E-state index is -4.41. The van der Waals surface area contributed by atoms with Crippen LogP contribution in [0.25, 0.3) is 0 Å². The molecule has 1 saturated heterocycles. The average molecular weight is 468 g/mol. The summed E-state index contributed by atoms with van der Waals surface area (Å²) in [5.41, 5.74) is 0.391. The molecule has 170 valence electrons. The summed E-state index contributed by atoms with van der Waals surface area (Å²) in [5.74, 6) is -1.33. The van der Waals surface area contributed by atoms with Crippen LogP contribution >= 0.6 is 0 Å². The molecule has 1 unspecified atom stereocenters. The number of imide groups is 1. The fourth-order valence-corrected chi connectivity index (χ4v) is 4.14. The first-order chi connectivity index (χ1) is 14.7. The summed E-state index contributed by atoms with van der Waals surface area (Å²) in [5, 5.41) is 0. The molecule has 0 saturated carbocycles. The summed E-state index contributed by atoms with van der Waals surface area (Å²) in [4.78, 5) is 41.6. The topological polar surface area (TPSA) is 62.1 Å². The Morgan fingerprint density at radius 2 is 1.53 bits per heavy atom. The highest BCUT2D eigenvalue weighted by atomic mass is 35.5. The van der Waals surface area contributed by atoms with Gasteiger partial charge in [0.15, 0.2) is 0 Å². The van der Waals surface area contributed by atoms with Crippen molar-refractivity contribution in [2.75, 3.05) is 26.2 Å². The lowest BCUT2D eigenvalue weighted by Gasteiger charge is -2.35. The van der Waals surface area contributed by atoms with E-state index in [0.29, 0.717) is 31.9 Å². The molecule has 2 aliphatic heterocycles. The van der Waals surface area contributed by atoms with Crippen molar-refractivity contribution in [3.8, 4) is 0 Å². The fourth-order valence-electron chi connectivity index (χ4n) is 4.14. The van der Waals surface area contributed by atoms with Crippen molar-refractivity contribution < 1.29 is 44.9 Å². The van der Waals surface area contributed by atoms with E-state index in [1.54, 1.807) is 35.2 Å². The van der Waals surface area contributed by atoms with Crippen LogP contribution in [-0.4, -0.2) is 59.7 Å². The Bertz CT molecular complexity index is 1020. The van der Waals surface area contributed by atoms with Crippen LogP contribution in [0.4, 0.5) is 18.9 Å². The molecule has 1 fully saturated rings. The van der Waals surface area contributed by atoms with Crippen molar-refractivity contribution in [2.45, 2.75) is 19.1 Å². The zero-order chi connectivity index (χ0) is 22.3. The third-order valence-corrected chi connectivity index (χ3v) is 5.85. The number of carbonyl (C=O) groups excluding carboxylic acids is 3. The smallest absolute Gasteiger partial charge is 0.416 e. The monoisotopic (exact) mass is 467 g/mol. The minimum Gasteiger partial charge on any atom is -1.00 e. The highest BCUT2D eigenvalue weighted by Crippen LogP contribution is 2.30. The van der Waals surface area contributed by atoms with E-state index < -0.39 is 29.6 Å². The van der Waals surface area contributed by atoms with Gasteiger partial charge in [0.05, 0.1) is 42.9 Å².